The Kier molecular flexibility index (Phi) is 3.16. The molecule has 1 N–H and O–H groups in total. The summed E-state index contributed by atoms with van der Waals surface area (Å²) in [4.78, 5) is 6.75. The molecule has 0 spiro atoms. The van der Waals surface area contributed by atoms with Gasteiger partial charge in [-0.2, -0.15) is 0 Å². The Hall–Kier alpha value is -0.870. The minimum atomic E-state index is 0.618. The summed E-state index contributed by atoms with van der Waals surface area (Å²) in [7, 11) is 2.21. The fourth-order valence-electron chi connectivity index (χ4n) is 2.70. The van der Waals surface area contributed by atoms with E-state index in [-0.39, 0.29) is 0 Å². The number of likely N-dealkylation sites (tertiary alicyclic amines) is 1. The molecule has 0 radical (unpaired) electrons. The quantitative estimate of drug-likeness (QED) is 0.855. The topological polar surface area (TPSA) is 33.1 Å². The second kappa shape index (κ2) is 4.78. The van der Waals surface area contributed by atoms with E-state index in [1.807, 2.05) is 12.5 Å². The Labute approximate surface area is 103 Å². The number of hydrogen-bond donors (Lipinski definition) is 1. The van der Waals surface area contributed by atoms with Gasteiger partial charge in [0, 0.05) is 31.4 Å². The summed E-state index contributed by atoms with van der Waals surface area (Å²) in [6.45, 7) is 3.37. The van der Waals surface area contributed by atoms with Gasteiger partial charge >= 0.3 is 0 Å². The van der Waals surface area contributed by atoms with Crippen LogP contribution in [-0.2, 0) is 6.54 Å². The van der Waals surface area contributed by atoms with Gasteiger partial charge in [0.1, 0.15) is 0 Å². The number of imidazole rings is 1. The third-order valence-electron chi connectivity index (χ3n) is 3.89. The monoisotopic (exact) mass is 234 g/mol. The minimum absolute atomic E-state index is 0.618. The van der Waals surface area contributed by atoms with E-state index in [9.17, 15) is 0 Å². The molecule has 0 bridgehead atoms. The van der Waals surface area contributed by atoms with E-state index in [0.717, 1.165) is 19.1 Å². The van der Waals surface area contributed by atoms with Gasteiger partial charge in [-0.3, -0.25) is 0 Å². The van der Waals surface area contributed by atoms with Crippen LogP contribution in [0.1, 0.15) is 37.4 Å². The predicted molar refractivity (Wildman–Crippen MR) is 67.9 cm³/mol. The zero-order valence-corrected chi connectivity index (χ0v) is 10.6. The molecule has 1 aliphatic carbocycles. The number of likely N-dealkylation sites (N-methyl/N-ethyl adjacent to an activating group) is 1. The van der Waals surface area contributed by atoms with Crippen molar-refractivity contribution in [2.75, 3.05) is 20.1 Å². The lowest BCUT2D eigenvalue weighted by Gasteiger charge is -2.31. The molecule has 1 unspecified atom stereocenters. The third kappa shape index (κ3) is 2.69. The van der Waals surface area contributed by atoms with Crippen molar-refractivity contribution < 1.29 is 0 Å². The SMILES string of the molecule is CN1CCCC(n2cncc2CNC2CC2)C1. The molecule has 1 aromatic heterocycles. The van der Waals surface area contributed by atoms with Crippen molar-refractivity contribution in [1.29, 1.82) is 0 Å². The molecule has 2 heterocycles. The Morgan fingerprint density at radius 1 is 1.41 bits per heavy atom. The molecule has 1 atom stereocenters. The fourth-order valence-corrected chi connectivity index (χ4v) is 2.70. The van der Waals surface area contributed by atoms with E-state index in [1.54, 1.807) is 0 Å². The molecule has 94 valence electrons. The molecule has 4 heteroatoms. The lowest BCUT2D eigenvalue weighted by Crippen LogP contribution is -2.34. The molecule has 4 nitrogen and oxygen atoms in total. The van der Waals surface area contributed by atoms with Gasteiger partial charge in [0.05, 0.1) is 12.0 Å². The fraction of sp³-hybridized carbons (Fsp3) is 0.769. The first-order chi connectivity index (χ1) is 8.33. The summed E-state index contributed by atoms with van der Waals surface area (Å²) in [6, 6.07) is 1.39. The van der Waals surface area contributed by atoms with Crippen molar-refractivity contribution >= 4 is 0 Å². The van der Waals surface area contributed by atoms with Crippen LogP contribution in [0.15, 0.2) is 12.5 Å². The molecule has 0 aromatic carbocycles. The van der Waals surface area contributed by atoms with Crippen molar-refractivity contribution in [3.05, 3.63) is 18.2 Å². The highest BCUT2D eigenvalue weighted by molar-refractivity contribution is 5.02. The molecular weight excluding hydrogens is 212 g/mol. The Bertz CT molecular complexity index is 369. The van der Waals surface area contributed by atoms with Gasteiger partial charge in [0.2, 0.25) is 0 Å². The number of rotatable bonds is 4. The zero-order valence-electron chi connectivity index (χ0n) is 10.6. The number of nitrogens with zero attached hydrogens (tertiary/aromatic N) is 3. The van der Waals surface area contributed by atoms with E-state index in [4.69, 9.17) is 0 Å². The van der Waals surface area contributed by atoms with Gasteiger partial charge in [-0.25, -0.2) is 4.98 Å². The van der Waals surface area contributed by atoms with Gasteiger partial charge in [-0.15, -0.1) is 0 Å². The van der Waals surface area contributed by atoms with Crippen LogP contribution in [0.2, 0.25) is 0 Å². The molecule has 1 aromatic rings. The molecule has 2 aliphatic rings. The Morgan fingerprint density at radius 2 is 2.29 bits per heavy atom. The first-order valence-corrected chi connectivity index (χ1v) is 6.75. The number of piperidine rings is 1. The minimum Gasteiger partial charge on any atom is -0.329 e. The highest BCUT2D eigenvalue weighted by Gasteiger charge is 2.23. The average molecular weight is 234 g/mol. The Morgan fingerprint density at radius 3 is 3.06 bits per heavy atom. The lowest BCUT2D eigenvalue weighted by atomic mass is 10.1. The van der Waals surface area contributed by atoms with Gasteiger partial charge in [0.25, 0.3) is 0 Å². The van der Waals surface area contributed by atoms with Crippen molar-refractivity contribution in [2.45, 2.75) is 44.3 Å². The van der Waals surface area contributed by atoms with E-state index < -0.39 is 0 Å². The first kappa shape index (κ1) is 11.2. The zero-order chi connectivity index (χ0) is 11.7. The molecule has 0 amide bonds. The summed E-state index contributed by atoms with van der Waals surface area (Å²) in [5, 5.41) is 3.58. The largest absolute Gasteiger partial charge is 0.329 e. The van der Waals surface area contributed by atoms with Crippen LogP contribution >= 0.6 is 0 Å². The van der Waals surface area contributed by atoms with Crippen molar-refractivity contribution in [2.24, 2.45) is 0 Å². The standard InChI is InChI=1S/C13H22N4/c1-16-6-2-3-12(9-16)17-10-14-7-13(17)8-15-11-4-5-11/h7,10-12,15H,2-6,8-9H2,1H3. The molecule has 3 rings (SSSR count). The maximum absolute atomic E-state index is 4.33. The summed E-state index contributed by atoms with van der Waals surface area (Å²) in [6.07, 6.45) is 9.31. The molecule has 1 saturated carbocycles. The van der Waals surface area contributed by atoms with Crippen LogP contribution in [0.4, 0.5) is 0 Å². The molecule has 1 aliphatic heterocycles. The van der Waals surface area contributed by atoms with E-state index in [1.165, 1.54) is 37.9 Å². The average Bonchev–Trinajstić information content (AvgIpc) is 3.04. The van der Waals surface area contributed by atoms with Gasteiger partial charge in [-0.05, 0) is 39.3 Å². The van der Waals surface area contributed by atoms with Gasteiger partial charge in [0.15, 0.2) is 0 Å². The molecule has 1 saturated heterocycles. The van der Waals surface area contributed by atoms with Gasteiger partial charge in [-0.1, -0.05) is 0 Å². The first-order valence-electron chi connectivity index (χ1n) is 6.75. The van der Waals surface area contributed by atoms with Crippen LogP contribution in [-0.4, -0.2) is 40.6 Å². The van der Waals surface area contributed by atoms with Gasteiger partial charge < -0.3 is 14.8 Å². The smallest absolute Gasteiger partial charge is 0.0951 e. The van der Waals surface area contributed by atoms with Crippen LogP contribution in [0, 0.1) is 0 Å². The van der Waals surface area contributed by atoms with Crippen molar-refractivity contribution in [3.63, 3.8) is 0 Å². The second-order valence-electron chi connectivity index (χ2n) is 5.51. The summed E-state index contributed by atoms with van der Waals surface area (Å²) in [5.74, 6) is 0. The molecule has 2 fully saturated rings. The highest BCUT2D eigenvalue weighted by atomic mass is 15.2. The molecule has 17 heavy (non-hydrogen) atoms. The van der Waals surface area contributed by atoms with E-state index >= 15 is 0 Å². The number of aromatic nitrogens is 2. The maximum Gasteiger partial charge on any atom is 0.0951 e. The number of nitrogens with one attached hydrogen (secondary N) is 1. The van der Waals surface area contributed by atoms with Crippen LogP contribution < -0.4 is 5.32 Å². The second-order valence-corrected chi connectivity index (χ2v) is 5.51. The Balaban J connectivity index is 1.66. The highest BCUT2D eigenvalue weighted by Crippen LogP contribution is 2.23. The molecular formula is C13H22N4. The van der Waals surface area contributed by atoms with Crippen LogP contribution in [0.25, 0.3) is 0 Å². The summed E-state index contributed by atoms with van der Waals surface area (Å²) < 4.78 is 2.38. The van der Waals surface area contributed by atoms with E-state index in [2.05, 4.69) is 26.8 Å². The lowest BCUT2D eigenvalue weighted by molar-refractivity contribution is 0.209. The summed E-state index contributed by atoms with van der Waals surface area (Å²) >= 11 is 0. The predicted octanol–water partition coefficient (Wildman–Crippen LogP) is 1.40. The maximum atomic E-state index is 4.33. The van der Waals surface area contributed by atoms with Crippen molar-refractivity contribution in [1.82, 2.24) is 19.8 Å². The van der Waals surface area contributed by atoms with Crippen LogP contribution in [0.3, 0.4) is 0 Å². The normalized spacial score (nSPS) is 26.3. The van der Waals surface area contributed by atoms with Crippen molar-refractivity contribution in [3.8, 4) is 0 Å². The van der Waals surface area contributed by atoms with E-state index in [0.29, 0.717) is 6.04 Å². The summed E-state index contributed by atoms with van der Waals surface area (Å²) in [5.41, 5.74) is 1.34. The van der Waals surface area contributed by atoms with Crippen LogP contribution in [0.5, 0.6) is 0 Å². The third-order valence-corrected chi connectivity index (χ3v) is 3.89. The number of hydrogen-bond acceptors (Lipinski definition) is 3.